The number of aromatic nitrogens is 5. The van der Waals surface area contributed by atoms with Gasteiger partial charge in [0.1, 0.15) is 13.5 Å². The first-order chi connectivity index (χ1) is 8.65. The van der Waals surface area contributed by atoms with Crippen molar-refractivity contribution in [2.45, 2.75) is 0 Å². The molecular weight excluding hydrogens is 233 g/mol. The van der Waals surface area contributed by atoms with Crippen molar-refractivity contribution in [1.82, 2.24) is 24.6 Å². The summed E-state index contributed by atoms with van der Waals surface area (Å²) >= 11 is 0. The minimum Gasteiger partial charge on any atom is -0.313 e. The quantitative estimate of drug-likeness (QED) is 0.508. The van der Waals surface area contributed by atoms with E-state index >= 15 is 0 Å². The van der Waals surface area contributed by atoms with Gasteiger partial charge in [-0.3, -0.25) is 9.78 Å². The van der Waals surface area contributed by atoms with E-state index in [1.807, 2.05) is 0 Å². The molecule has 7 nitrogen and oxygen atoms in total. The third-order valence-corrected chi connectivity index (χ3v) is 2.48. The van der Waals surface area contributed by atoms with Crippen molar-refractivity contribution in [3.63, 3.8) is 0 Å². The van der Waals surface area contributed by atoms with Gasteiger partial charge < -0.3 is 4.98 Å². The van der Waals surface area contributed by atoms with E-state index in [0.717, 1.165) is 0 Å². The first-order valence-electron chi connectivity index (χ1n) is 5.07. The minimum absolute atomic E-state index is 0.233. The Morgan fingerprint density at radius 3 is 2.94 bits per heavy atom. The normalized spacial score (nSPS) is 10.9. The number of H-pyrrole nitrogens is 2. The lowest BCUT2D eigenvalue weighted by Crippen LogP contribution is -2.23. The van der Waals surface area contributed by atoms with Crippen molar-refractivity contribution >= 4 is 19.0 Å². The van der Waals surface area contributed by atoms with Gasteiger partial charge in [0, 0.05) is 18.6 Å². The number of aromatic amines is 2. The maximum atomic E-state index is 11.6. The first kappa shape index (κ1) is 10.5. The van der Waals surface area contributed by atoms with Crippen LogP contribution < -0.4 is 16.7 Å². The van der Waals surface area contributed by atoms with Crippen LogP contribution in [0.2, 0.25) is 0 Å². The van der Waals surface area contributed by atoms with E-state index in [2.05, 4.69) is 20.1 Å². The fraction of sp³-hybridized carbons (Fsp3) is 0. The SMILES string of the molecule is [B]c1cc(-c2c[nH]c(=O)[nH]c2=O)nn2ccnc12. The molecule has 0 aliphatic carbocycles. The van der Waals surface area contributed by atoms with E-state index in [1.54, 1.807) is 12.4 Å². The van der Waals surface area contributed by atoms with Gasteiger partial charge in [-0.15, -0.1) is 0 Å². The highest BCUT2D eigenvalue weighted by atomic mass is 16.2. The highest BCUT2D eigenvalue weighted by Crippen LogP contribution is 2.08. The Labute approximate surface area is 101 Å². The lowest BCUT2D eigenvalue weighted by Gasteiger charge is -2.03. The molecule has 0 aliphatic rings. The predicted octanol–water partition coefficient (Wildman–Crippen LogP) is -1.43. The highest BCUT2D eigenvalue weighted by molar-refractivity contribution is 6.36. The molecule has 3 aromatic rings. The molecule has 0 fully saturated rings. The molecule has 86 valence electrons. The van der Waals surface area contributed by atoms with E-state index < -0.39 is 11.2 Å². The zero-order valence-electron chi connectivity index (χ0n) is 9.04. The molecule has 0 atom stereocenters. The van der Waals surface area contributed by atoms with Crippen LogP contribution in [0.3, 0.4) is 0 Å². The average molecular weight is 239 g/mol. The third-order valence-electron chi connectivity index (χ3n) is 2.48. The summed E-state index contributed by atoms with van der Waals surface area (Å²) in [7, 11) is 5.81. The zero-order valence-corrected chi connectivity index (χ0v) is 9.04. The van der Waals surface area contributed by atoms with Gasteiger partial charge in [0.05, 0.1) is 11.3 Å². The Morgan fingerprint density at radius 1 is 1.33 bits per heavy atom. The molecule has 0 bridgehead atoms. The molecular formula is C10H6BN5O2. The summed E-state index contributed by atoms with van der Waals surface area (Å²) in [6.07, 6.45) is 4.47. The summed E-state index contributed by atoms with van der Waals surface area (Å²) in [6.45, 7) is 0. The molecule has 3 rings (SSSR count). The van der Waals surface area contributed by atoms with Crippen molar-refractivity contribution < 1.29 is 0 Å². The monoisotopic (exact) mass is 239 g/mol. The Kier molecular flexibility index (Phi) is 2.16. The smallest absolute Gasteiger partial charge is 0.313 e. The Bertz CT molecular complexity index is 847. The average Bonchev–Trinajstić information content (AvgIpc) is 2.77. The van der Waals surface area contributed by atoms with E-state index in [1.165, 1.54) is 16.8 Å². The van der Waals surface area contributed by atoms with Crippen LogP contribution in [-0.4, -0.2) is 32.4 Å². The summed E-state index contributed by atoms with van der Waals surface area (Å²) in [6, 6.07) is 1.53. The number of nitrogens with zero attached hydrogens (tertiary/aromatic N) is 3. The number of fused-ring (bicyclic) bond motifs is 1. The number of hydrogen-bond donors (Lipinski definition) is 2. The number of hydrogen-bond acceptors (Lipinski definition) is 4. The standard InChI is InChI=1S/C10H6BN5O2/c11-6-3-7(15-16-2-1-12-8(6)16)5-4-13-10(18)14-9(5)17/h1-4H,(H2,13,14,17,18). The summed E-state index contributed by atoms with van der Waals surface area (Å²) < 4.78 is 1.47. The fourth-order valence-corrected chi connectivity index (χ4v) is 1.67. The second-order valence-corrected chi connectivity index (χ2v) is 3.67. The van der Waals surface area contributed by atoms with Crippen molar-refractivity contribution in [2.75, 3.05) is 0 Å². The van der Waals surface area contributed by atoms with Gasteiger partial charge >= 0.3 is 5.69 Å². The Balaban J connectivity index is 2.31. The summed E-state index contributed by atoms with van der Waals surface area (Å²) in [4.78, 5) is 31.1. The zero-order chi connectivity index (χ0) is 12.7. The molecule has 3 aromatic heterocycles. The molecule has 0 aromatic carbocycles. The van der Waals surface area contributed by atoms with Gasteiger partial charge in [-0.05, 0) is 6.07 Å². The van der Waals surface area contributed by atoms with Crippen LogP contribution in [0.5, 0.6) is 0 Å². The van der Waals surface area contributed by atoms with Crippen molar-refractivity contribution in [3.05, 3.63) is 45.5 Å². The minimum atomic E-state index is -0.569. The van der Waals surface area contributed by atoms with Crippen LogP contribution in [-0.2, 0) is 0 Å². The molecule has 2 radical (unpaired) electrons. The van der Waals surface area contributed by atoms with E-state index in [4.69, 9.17) is 7.85 Å². The lowest BCUT2D eigenvalue weighted by atomic mass is 9.96. The molecule has 8 heteroatoms. The van der Waals surface area contributed by atoms with Gasteiger partial charge in [0.2, 0.25) is 0 Å². The molecule has 0 saturated heterocycles. The van der Waals surface area contributed by atoms with Gasteiger partial charge in [0.25, 0.3) is 5.56 Å². The van der Waals surface area contributed by atoms with Crippen LogP contribution in [0.1, 0.15) is 0 Å². The van der Waals surface area contributed by atoms with Crippen molar-refractivity contribution in [1.29, 1.82) is 0 Å². The van der Waals surface area contributed by atoms with Crippen molar-refractivity contribution in [3.8, 4) is 11.3 Å². The molecule has 18 heavy (non-hydrogen) atoms. The molecule has 0 aliphatic heterocycles. The van der Waals surface area contributed by atoms with Crippen LogP contribution in [0.25, 0.3) is 16.9 Å². The first-order valence-corrected chi connectivity index (χ1v) is 5.07. The van der Waals surface area contributed by atoms with Gasteiger partial charge in [-0.25, -0.2) is 14.3 Å². The number of imidazole rings is 1. The second-order valence-electron chi connectivity index (χ2n) is 3.67. The van der Waals surface area contributed by atoms with Crippen LogP contribution >= 0.6 is 0 Å². The third kappa shape index (κ3) is 1.55. The largest absolute Gasteiger partial charge is 0.325 e. The molecule has 3 heterocycles. The molecule has 0 unspecified atom stereocenters. The molecule has 2 N–H and O–H groups in total. The fourth-order valence-electron chi connectivity index (χ4n) is 1.67. The molecule has 0 saturated carbocycles. The van der Waals surface area contributed by atoms with Gasteiger partial charge in [-0.1, -0.05) is 5.46 Å². The second kappa shape index (κ2) is 3.69. The Hall–Kier alpha value is -2.64. The number of nitrogens with one attached hydrogen (secondary N) is 2. The molecule has 0 amide bonds. The summed E-state index contributed by atoms with van der Waals surface area (Å²) in [5.74, 6) is 0. The van der Waals surface area contributed by atoms with Crippen LogP contribution in [0.4, 0.5) is 0 Å². The molecule has 0 spiro atoms. The number of rotatable bonds is 1. The van der Waals surface area contributed by atoms with E-state index in [-0.39, 0.29) is 5.56 Å². The maximum absolute atomic E-state index is 11.6. The topological polar surface area (TPSA) is 95.9 Å². The summed E-state index contributed by atoms with van der Waals surface area (Å²) in [5, 5.41) is 4.19. The predicted molar refractivity (Wildman–Crippen MR) is 65.1 cm³/mol. The van der Waals surface area contributed by atoms with Crippen molar-refractivity contribution in [2.24, 2.45) is 0 Å². The summed E-state index contributed by atoms with van der Waals surface area (Å²) in [5.41, 5.74) is 0.410. The highest BCUT2D eigenvalue weighted by Gasteiger charge is 2.09. The van der Waals surface area contributed by atoms with Gasteiger partial charge in [-0.2, -0.15) is 5.10 Å². The van der Waals surface area contributed by atoms with E-state index in [0.29, 0.717) is 16.8 Å². The van der Waals surface area contributed by atoms with Crippen LogP contribution in [0.15, 0.2) is 34.2 Å². The van der Waals surface area contributed by atoms with Gasteiger partial charge in [0.15, 0.2) is 0 Å². The lowest BCUT2D eigenvalue weighted by molar-refractivity contribution is 0.938. The maximum Gasteiger partial charge on any atom is 0.325 e. The van der Waals surface area contributed by atoms with E-state index in [9.17, 15) is 9.59 Å². The Morgan fingerprint density at radius 2 is 2.17 bits per heavy atom. The van der Waals surface area contributed by atoms with Crippen LogP contribution in [0, 0.1) is 0 Å².